The fourth-order valence-electron chi connectivity index (χ4n) is 3.19. The fourth-order valence-corrected chi connectivity index (χ4v) is 3.19. The van der Waals surface area contributed by atoms with E-state index in [0.717, 1.165) is 12.0 Å². The zero-order valence-corrected chi connectivity index (χ0v) is 14.8. The van der Waals surface area contributed by atoms with Gasteiger partial charge < -0.3 is 9.84 Å². The molecule has 0 radical (unpaired) electrons. The molecule has 6 heteroatoms. The maximum Gasteiger partial charge on any atom is 0.421 e. The third kappa shape index (κ3) is 3.70. The van der Waals surface area contributed by atoms with Crippen molar-refractivity contribution in [3.63, 3.8) is 0 Å². The van der Waals surface area contributed by atoms with Gasteiger partial charge in [-0.25, -0.2) is 10.2 Å². The summed E-state index contributed by atoms with van der Waals surface area (Å²) in [6, 6.07) is 13.3. The van der Waals surface area contributed by atoms with Crippen molar-refractivity contribution in [2.75, 3.05) is 0 Å². The molecule has 6 nitrogen and oxygen atoms in total. The van der Waals surface area contributed by atoms with Crippen LogP contribution >= 0.6 is 0 Å². The van der Waals surface area contributed by atoms with Crippen LogP contribution in [-0.4, -0.2) is 23.2 Å². The maximum atomic E-state index is 11.9. The van der Waals surface area contributed by atoms with Crippen LogP contribution in [0.1, 0.15) is 30.5 Å². The van der Waals surface area contributed by atoms with Gasteiger partial charge in [-0.2, -0.15) is 0 Å². The van der Waals surface area contributed by atoms with Gasteiger partial charge in [-0.1, -0.05) is 56.3 Å². The Bertz CT molecular complexity index is 832. The van der Waals surface area contributed by atoms with Crippen molar-refractivity contribution in [2.45, 2.75) is 32.9 Å². The number of carbonyl (C=O) groups is 2. The van der Waals surface area contributed by atoms with E-state index >= 15 is 0 Å². The van der Waals surface area contributed by atoms with Crippen molar-refractivity contribution in [1.29, 1.82) is 0 Å². The van der Waals surface area contributed by atoms with Crippen molar-refractivity contribution < 1.29 is 19.4 Å². The third-order valence-electron chi connectivity index (χ3n) is 4.57. The lowest BCUT2D eigenvalue weighted by molar-refractivity contribution is -0.140. The Kier molecular flexibility index (Phi) is 5.23. The van der Waals surface area contributed by atoms with E-state index in [2.05, 4.69) is 29.1 Å². The van der Waals surface area contributed by atoms with Crippen LogP contribution in [0.15, 0.2) is 42.5 Å². The molecule has 1 atom stereocenters. The molecule has 1 amide bonds. The van der Waals surface area contributed by atoms with Gasteiger partial charge in [0, 0.05) is 0 Å². The van der Waals surface area contributed by atoms with Gasteiger partial charge in [0.05, 0.1) is 0 Å². The molecular weight excluding hydrogens is 332 g/mol. The average Bonchev–Trinajstić information content (AvgIpc) is 2.98. The Labute approximate surface area is 152 Å². The first-order valence-corrected chi connectivity index (χ1v) is 8.57. The van der Waals surface area contributed by atoms with Crippen molar-refractivity contribution in [3.05, 3.63) is 59.2 Å². The zero-order valence-electron chi connectivity index (χ0n) is 14.8. The van der Waals surface area contributed by atoms with E-state index in [1.807, 2.05) is 24.3 Å². The number of hydrazine groups is 1. The molecule has 0 saturated heterocycles. The molecule has 3 N–H and O–H groups in total. The first-order chi connectivity index (χ1) is 12.5. The normalized spacial score (nSPS) is 13.0. The van der Waals surface area contributed by atoms with Gasteiger partial charge in [0.2, 0.25) is 0 Å². The second kappa shape index (κ2) is 7.58. The summed E-state index contributed by atoms with van der Waals surface area (Å²) in [6.45, 7) is 3.64. The highest BCUT2D eigenvalue weighted by Crippen LogP contribution is 2.38. The second-order valence-corrected chi connectivity index (χ2v) is 6.68. The lowest BCUT2D eigenvalue weighted by Gasteiger charge is -2.18. The molecule has 0 aliphatic heterocycles. The van der Waals surface area contributed by atoms with Gasteiger partial charge in [-0.05, 0) is 40.2 Å². The van der Waals surface area contributed by atoms with Gasteiger partial charge in [-0.3, -0.25) is 10.2 Å². The summed E-state index contributed by atoms with van der Waals surface area (Å²) in [4.78, 5) is 23.0. The van der Waals surface area contributed by atoms with Crippen LogP contribution < -0.4 is 10.9 Å². The lowest BCUT2D eigenvalue weighted by Crippen LogP contribution is -2.50. The smallest absolute Gasteiger partial charge is 0.421 e. The zero-order chi connectivity index (χ0) is 18.7. The van der Waals surface area contributed by atoms with E-state index in [9.17, 15) is 9.59 Å². The summed E-state index contributed by atoms with van der Waals surface area (Å²) in [5.41, 5.74) is 10.6. The standard InChI is InChI=1S/C20H22N2O4/c1-12(2)18(19(23)24)21-22-20(25)26-11-14-7-5-9-16-15-8-4-3-6-13(15)10-17(14)16/h3-9,12,18,21H,10-11H2,1-2H3,(H,22,25)(H,23,24)/t18-/m1/s1. The number of ether oxygens (including phenoxy) is 1. The molecule has 1 aliphatic rings. The van der Waals surface area contributed by atoms with E-state index in [0.29, 0.717) is 0 Å². The van der Waals surface area contributed by atoms with Crippen LogP contribution in [0.3, 0.4) is 0 Å². The summed E-state index contributed by atoms with van der Waals surface area (Å²) in [7, 11) is 0. The molecule has 0 aromatic heterocycles. The number of carboxylic acids is 1. The number of fused-ring (bicyclic) bond motifs is 3. The predicted octanol–water partition coefficient (Wildman–Crippen LogP) is 3.10. The number of benzene rings is 2. The van der Waals surface area contributed by atoms with Crippen molar-refractivity contribution in [1.82, 2.24) is 10.9 Å². The van der Waals surface area contributed by atoms with Crippen LogP contribution in [0.2, 0.25) is 0 Å². The molecule has 0 unspecified atom stereocenters. The number of carboxylic acid groups (broad SMARTS) is 1. The maximum absolute atomic E-state index is 11.9. The molecule has 26 heavy (non-hydrogen) atoms. The molecule has 0 bridgehead atoms. The van der Waals surface area contributed by atoms with Gasteiger partial charge in [0.15, 0.2) is 0 Å². The second-order valence-electron chi connectivity index (χ2n) is 6.68. The number of rotatable bonds is 6. The largest absolute Gasteiger partial charge is 0.480 e. The van der Waals surface area contributed by atoms with Gasteiger partial charge >= 0.3 is 12.1 Å². The Balaban J connectivity index is 1.61. The number of carbonyl (C=O) groups excluding carboxylic acids is 1. The minimum absolute atomic E-state index is 0.129. The van der Waals surface area contributed by atoms with Crippen LogP contribution in [0.4, 0.5) is 4.79 Å². The molecule has 0 fully saturated rings. The van der Waals surface area contributed by atoms with Gasteiger partial charge in [0.25, 0.3) is 0 Å². The quantitative estimate of drug-likeness (QED) is 0.592. The minimum Gasteiger partial charge on any atom is -0.480 e. The Morgan fingerprint density at radius 3 is 2.58 bits per heavy atom. The number of aliphatic carboxylic acids is 1. The van der Waals surface area contributed by atoms with Crippen LogP contribution in [-0.2, 0) is 22.6 Å². The predicted molar refractivity (Wildman–Crippen MR) is 97.4 cm³/mol. The highest BCUT2D eigenvalue weighted by atomic mass is 16.6. The van der Waals surface area contributed by atoms with Crippen molar-refractivity contribution in [3.8, 4) is 11.1 Å². The Morgan fingerprint density at radius 1 is 1.12 bits per heavy atom. The number of hydrogen-bond donors (Lipinski definition) is 3. The lowest BCUT2D eigenvalue weighted by atomic mass is 10.0. The molecular formula is C20H22N2O4. The van der Waals surface area contributed by atoms with E-state index in [1.54, 1.807) is 13.8 Å². The van der Waals surface area contributed by atoms with E-state index in [-0.39, 0.29) is 12.5 Å². The number of nitrogens with one attached hydrogen (secondary N) is 2. The summed E-state index contributed by atoms with van der Waals surface area (Å²) in [6.07, 6.45) is 0.115. The third-order valence-corrected chi connectivity index (χ3v) is 4.57. The molecule has 2 aromatic rings. The van der Waals surface area contributed by atoms with Crippen molar-refractivity contribution >= 4 is 12.1 Å². The van der Waals surface area contributed by atoms with E-state index < -0.39 is 18.1 Å². The molecule has 0 heterocycles. The Morgan fingerprint density at radius 2 is 1.85 bits per heavy atom. The first kappa shape index (κ1) is 17.9. The summed E-state index contributed by atoms with van der Waals surface area (Å²) in [5.74, 6) is -1.21. The summed E-state index contributed by atoms with van der Waals surface area (Å²) < 4.78 is 5.26. The van der Waals surface area contributed by atoms with Gasteiger partial charge in [0.1, 0.15) is 12.6 Å². The molecule has 0 saturated carbocycles. The molecule has 136 valence electrons. The fraction of sp³-hybridized carbons (Fsp3) is 0.300. The number of amides is 1. The number of hydrogen-bond acceptors (Lipinski definition) is 4. The highest BCUT2D eigenvalue weighted by molar-refractivity contribution is 5.78. The molecule has 3 rings (SSSR count). The minimum atomic E-state index is -1.03. The van der Waals surface area contributed by atoms with E-state index in [1.165, 1.54) is 22.3 Å². The molecule has 1 aliphatic carbocycles. The summed E-state index contributed by atoms with van der Waals surface area (Å²) in [5, 5.41) is 9.10. The van der Waals surface area contributed by atoms with Gasteiger partial charge in [-0.15, -0.1) is 0 Å². The monoisotopic (exact) mass is 354 g/mol. The van der Waals surface area contributed by atoms with Crippen LogP contribution in [0.5, 0.6) is 0 Å². The Hall–Kier alpha value is -2.86. The molecule has 2 aromatic carbocycles. The SMILES string of the molecule is CC(C)[C@@H](NNC(=O)OCc1cccc2c1Cc1ccccc1-2)C(=O)O. The molecule has 0 spiro atoms. The van der Waals surface area contributed by atoms with Crippen LogP contribution in [0, 0.1) is 5.92 Å². The highest BCUT2D eigenvalue weighted by Gasteiger charge is 2.23. The van der Waals surface area contributed by atoms with Crippen molar-refractivity contribution in [2.24, 2.45) is 5.92 Å². The summed E-state index contributed by atoms with van der Waals surface area (Å²) >= 11 is 0. The first-order valence-electron chi connectivity index (χ1n) is 8.57. The van der Waals surface area contributed by atoms with Crippen LogP contribution in [0.25, 0.3) is 11.1 Å². The topological polar surface area (TPSA) is 87.7 Å². The van der Waals surface area contributed by atoms with E-state index in [4.69, 9.17) is 9.84 Å². The average molecular weight is 354 g/mol.